The molecule has 2 N–H and O–H groups in total. The summed E-state index contributed by atoms with van der Waals surface area (Å²) in [4.78, 5) is 23.2. The van der Waals surface area contributed by atoms with Gasteiger partial charge in [-0.3, -0.25) is 14.8 Å². The van der Waals surface area contributed by atoms with Crippen LogP contribution in [0, 0.1) is 11.3 Å². The molecule has 9 heteroatoms. The molecule has 1 aromatic heterocycles. The Labute approximate surface area is 162 Å². The van der Waals surface area contributed by atoms with Crippen LogP contribution in [-0.4, -0.2) is 72.6 Å². The largest absolute Gasteiger partial charge is 0.389 e. The van der Waals surface area contributed by atoms with Crippen molar-refractivity contribution in [1.82, 2.24) is 15.3 Å². The number of nitriles is 1. The number of amides is 1. The van der Waals surface area contributed by atoms with Crippen LogP contribution >= 0.6 is 0 Å². The number of benzene rings is 1. The minimum atomic E-state index is -0.774. The van der Waals surface area contributed by atoms with Gasteiger partial charge in [-0.25, -0.2) is 0 Å². The van der Waals surface area contributed by atoms with E-state index in [0.717, 1.165) is 5.69 Å². The number of carbonyl (C=O) groups is 1. The molecule has 0 bridgehead atoms. The summed E-state index contributed by atoms with van der Waals surface area (Å²) in [5.41, 5.74) is 2.40. The molecule has 3 rings (SSSR count). The Bertz CT molecular complexity index is 884. The second-order valence-electron chi connectivity index (χ2n) is 6.69. The number of nitrogens with zero attached hydrogens (tertiary/aromatic N) is 4. The van der Waals surface area contributed by atoms with E-state index in [1.54, 1.807) is 18.5 Å². The molecule has 2 unspecified atom stereocenters. The van der Waals surface area contributed by atoms with Crippen molar-refractivity contribution >= 4 is 22.6 Å². The zero-order chi connectivity index (χ0) is 20.1. The molecular formula is C19H23N5O4. The molecule has 1 aliphatic rings. The van der Waals surface area contributed by atoms with Crippen LogP contribution in [0.5, 0.6) is 0 Å². The van der Waals surface area contributed by atoms with Gasteiger partial charge < -0.3 is 24.8 Å². The maximum atomic E-state index is 12.5. The fourth-order valence-corrected chi connectivity index (χ4v) is 3.26. The van der Waals surface area contributed by atoms with Gasteiger partial charge in [-0.1, -0.05) is 0 Å². The number of hydrogen-bond acceptors (Lipinski definition) is 8. The predicted octanol–water partition coefficient (Wildman–Crippen LogP) is 0.219. The maximum absolute atomic E-state index is 12.5. The average molecular weight is 385 g/mol. The zero-order valence-electron chi connectivity index (χ0n) is 15.8. The summed E-state index contributed by atoms with van der Waals surface area (Å²) < 4.78 is 10.7. The third kappa shape index (κ3) is 4.36. The van der Waals surface area contributed by atoms with Crippen LogP contribution in [0.1, 0.15) is 12.5 Å². The summed E-state index contributed by atoms with van der Waals surface area (Å²) in [6.07, 6.45) is 1.48. The van der Waals surface area contributed by atoms with Crippen LogP contribution in [-0.2, 0) is 14.3 Å². The fraction of sp³-hybridized carbons (Fsp3) is 0.474. The molecule has 2 aromatic rings. The number of aliphatic hydroxyl groups excluding tert-OH is 1. The number of aliphatic hydroxyl groups is 1. The van der Waals surface area contributed by atoms with Crippen LogP contribution < -0.4 is 10.2 Å². The first-order chi connectivity index (χ1) is 13.5. The van der Waals surface area contributed by atoms with E-state index in [4.69, 9.17) is 9.47 Å². The Morgan fingerprint density at radius 3 is 2.89 bits per heavy atom. The van der Waals surface area contributed by atoms with Crippen molar-refractivity contribution in [3.8, 4) is 6.07 Å². The number of ether oxygens (including phenoxy) is 2. The molecule has 1 saturated heterocycles. The summed E-state index contributed by atoms with van der Waals surface area (Å²) in [6.45, 7) is 3.03. The highest BCUT2D eigenvalue weighted by molar-refractivity contribution is 5.92. The third-order valence-corrected chi connectivity index (χ3v) is 4.49. The maximum Gasteiger partial charge on any atom is 0.251 e. The summed E-state index contributed by atoms with van der Waals surface area (Å²) in [5, 5.41) is 21.7. The van der Waals surface area contributed by atoms with Crippen LogP contribution in [0.2, 0.25) is 0 Å². The van der Waals surface area contributed by atoms with Gasteiger partial charge in [0.25, 0.3) is 5.91 Å². The van der Waals surface area contributed by atoms with E-state index in [9.17, 15) is 15.2 Å². The number of methoxy groups -OCH3 is 1. The lowest BCUT2D eigenvalue weighted by molar-refractivity contribution is -0.137. The smallest absolute Gasteiger partial charge is 0.251 e. The Balaban J connectivity index is 1.79. The molecule has 0 radical (unpaired) electrons. The van der Waals surface area contributed by atoms with E-state index in [-0.39, 0.29) is 25.2 Å². The van der Waals surface area contributed by atoms with Crippen molar-refractivity contribution in [3.05, 3.63) is 30.1 Å². The van der Waals surface area contributed by atoms with Crippen molar-refractivity contribution < 1.29 is 19.4 Å². The van der Waals surface area contributed by atoms with Gasteiger partial charge in [0, 0.05) is 32.6 Å². The third-order valence-electron chi connectivity index (χ3n) is 4.49. The molecule has 1 amide bonds. The Kier molecular flexibility index (Phi) is 6.36. The number of nitrogens with one attached hydrogen (secondary N) is 1. The SMILES string of the molecule is COCC(O)CNC(=O)[C@H]1CN(c2ccc(C#N)c3nccnc23)CC(C)O1. The molecule has 3 atom stereocenters. The van der Waals surface area contributed by atoms with Crippen molar-refractivity contribution in [2.45, 2.75) is 25.2 Å². The molecule has 1 aliphatic heterocycles. The predicted molar refractivity (Wildman–Crippen MR) is 102 cm³/mol. The number of hydrogen-bond donors (Lipinski definition) is 2. The summed E-state index contributed by atoms with van der Waals surface area (Å²) in [6, 6.07) is 5.67. The van der Waals surface area contributed by atoms with Gasteiger partial charge in [-0.15, -0.1) is 0 Å². The zero-order valence-corrected chi connectivity index (χ0v) is 15.8. The number of rotatable bonds is 6. The highest BCUT2D eigenvalue weighted by Crippen LogP contribution is 2.28. The molecular weight excluding hydrogens is 362 g/mol. The van der Waals surface area contributed by atoms with Gasteiger partial charge in [0.05, 0.1) is 36.6 Å². The van der Waals surface area contributed by atoms with E-state index in [1.165, 1.54) is 7.11 Å². The molecule has 0 aliphatic carbocycles. The van der Waals surface area contributed by atoms with Gasteiger partial charge in [0.1, 0.15) is 17.1 Å². The number of fused-ring (bicyclic) bond motifs is 1. The fourth-order valence-electron chi connectivity index (χ4n) is 3.26. The van der Waals surface area contributed by atoms with Crippen LogP contribution in [0.3, 0.4) is 0 Å². The molecule has 1 aromatic carbocycles. The quantitative estimate of drug-likeness (QED) is 0.724. The second kappa shape index (κ2) is 8.93. The number of aromatic nitrogens is 2. The molecule has 9 nitrogen and oxygen atoms in total. The average Bonchev–Trinajstić information content (AvgIpc) is 2.71. The first-order valence-electron chi connectivity index (χ1n) is 9.02. The van der Waals surface area contributed by atoms with Crippen molar-refractivity contribution in [1.29, 1.82) is 5.26 Å². The lowest BCUT2D eigenvalue weighted by Gasteiger charge is -2.37. The first kappa shape index (κ1) is 19.9. The Morgan fingerprint density at radius 2 is 2.18 bits per heavy atom. The highest BCUT2D eigenvalue weighted by Gasteiger charge is 2.31. The molecule has 0 saturated carbocycles. The van der Waals surface area contributed by atoms with Crippen LogP contribution in [0.15, 0.2) is 24.5 Å². The Hall–Kier alpha value is -2.80. The van der Waals surface area contributed by atoms with Gasteiger partial charge in [0.2, 0.25) is 0 Å². The molecule has 28 heavy (non-hydrogen) atoms. The summed E-state index contributed by atoms with van der Waals surface area (Å²) in [7, 11) is 1.49. The van der Waals surface area contributed by atoms with E-state index >= 15 is 0 Å². The molecule has 0 spiro atoms. The topological polar surface area (TPSA) is 121 Å². The highest BCUT2D eigenvalue weighted by atomic mass is 16.5. The normalized spacial score (nSPS) is 20.6. The van der Waals surface area contributed by atoms with Crippen molar-refractivity contribution in [2.24, 2.45) is 0 Å². The summed E-state index contributed by atoms with van der Waals surface area (Å²) >= 11 is 0. The number of morpholine rings is 1. The van der Waals surface area contributed by atoms with E-state index in [0.29, 0.717) is 29.7 Å². The number of anilines is 1. The van der Waals surface area contributed by atoms with E-state index in [1.807, 2.05) is 17.9 Å². The van der Waals surface area contributed by atoms with E-state index in [2.05, 4.69) is 21.4 Å². The lowest BCUT2D eigenvalue weighted by Crippen LogP contribution is -2.53. The van der Waals surface area contributed by atoms with Gasteiger partial charge >= 0.3 is 0 Å². The summed E-state index contributed by atoms with van der Waals surface area (Å²) in [5.74, 6) is -0.296. The second-order valence-corrected chi connectivity index (χ2v) is 6.69. The number of carbonyl (C=O) groups excluding carboxylic acids is 1. The van der Waals surface area contributed by atoms with Gasteiger partial charge in [0.15, 0.2) is 6.10 Å². The Morgan fingerprint density at radius 1 is 1.43 bits per heavy atom. The monoisotopic (exact) mass is 385 g/mol. The van der Waals surface area contributed by atoms with Crippen molar-refractivity contribution in [3.63, 3.8) is 0 Å². The first-order valence-corrected chi connectivity index (χ1v) is 9.02. The molecule has 1 fully saturated rings. The van der Waals surface area contributed by atoms with Gasteiger partial charge in [-0.2, -0.15) is 5.26 Å². The van der Waals surface area contributed by atoms with Gasteiger partial charge in [-0.05, 0) is 19.1 Å². The van der Waals surface area contributed by atoms with Crippen LogP contribution in [0.4, 0.5) is 5.69 Å². The van der Waals surface area contributed by atoms with Crippen LogP contribution in [0.25, 0.3) is 11.0 Å². The molecule has 2 heterocycles. The lowest BCUT2D eigenvalue weighted by atomic mass is 10.1. The van der Waals surface area contributed by atoms with E-state index < -0.39 is 12.2 Å². The minimum Gasteiger partial charge on any atom is -0.389 e. The minimum absolute atomic E-state index is 0.0895. The molecule has 148 valence electrons. The van der Waals surface area contributed by atoms with Crippen molar-refractivity contribution in [2.75, 3.05) is 38.3 Å². The standard InChI is InChI=1S/C19H23N5O4/c1-12-9-24(10-16(28-12)19(26)23-8-14(25)11-27-2)15-4-3-13(7-20)17-18(15)22-6-5-21-17/h3-6,12,14,16,25H,8-11H2,1-2H3,(H,23,26)/t12?,14?,16-/m1/s1.